The molecule has 5 rings (SSSR count). The third kappa shape index (κ3) is 6.99. The molecule has 0 fully saturated rings. The molecule has 238 valence electrons. The molecule has 0 atom stereocenters. The first-order valence-corrected chi connectivity index (χ1v) is 18.4. The minimum absolute atomic E-state index is 0.0680. The minimum Gasteiger partial charge on any atom is -0.357 e. The fourth-order valence-corrected chi connectivity index (χ4v) is 10.8. The second-order valence-electron chi connectivity index (χ2n) is 11.2. The Kier molecular flexibility index (Phi) is 11.5. The Morgan fingerprint density at radius 1 is 0.489 bits per heavy atom. The van der Waals surface area contributed by atoms with Crippen LogP contribution < -0.4 is 15.9 Å². The van der Waals surface area contributed by atoms with Crippen LogP contribution in [0.3, 0.4) is 0 Å². The smallest absolute Gasteiger partial charge is 0.276 e. The Hall–Kier alpha value is -4.79. The van der Waals surface area contributed by atoms with Gasteiger partial charge in [-0.15, -0.1) is 0 Å². The number of carbonyl (C=O) groups excluding carboxylic acids is 1. The zero-order valence-corrected chi connectivity index (χ0v) is 28.9. The van der Waals surface area contributed by atoms with E-state index in [-0.39, 0.29) is 5.91 Å². The monoisotopic (exact) mass is 638 g/mol. The van der Waals surface area contributed by atoms with Crippen LogP contribution in [-0.4, -0.2) is 47.7 Å². The minimum atomic E-state index is -2.74. The van der Waals surface area contributed by atoms with Gasteiger partial charge in [-0.2, -0.15) is 0 Å². The van der Waals surface area contributed by atoms with Crippen molar-refractivity contribution in [1.82, 2.24) is 9.80 Å². The van der Waals surface area contributed by atoms with Crippen molar-refractivity contribution in [2.45, 2.75) is 27.7 Å². The molecule has 0 spiro atoms. The van der Waals surface area contributed by atoms with E-state index >= 15 is 4.79 Å². The van der Waals surface area contributed by atoms with Crippen molar-refractivity contribution < 1.29 is 4.79 Å². The van der Waals surface area contributed by atoms with Crippen molar-refractivity contribution in [3.63, 3.8) is 0 Å². The Labute approximate surface area is 281 Å². The second-order valence-corrected chi connectivity index (χ2v) is 14.5. The first-order valence-electron chi connectivity index (χ1n) is 16.6. The Balaban J connectivity index is 2.09. The Bertz CT molecular complexity index is 1670. The van der Waals surface area contributed by atoms with Crippen LogP contribution in [0.15, 0.2) is 162 Å². The second kappa shape index (κ2) is 16.2. The van der Waals surface area contributed by atoms with Gasteiger partial charge in [0, 0.05) is 37.3 Å². The number of amides is 1. The maximum absolute atomic E-state index is 15.2. The predicted octanol–water partition coefficient (Wildman–Crippen LogP) is 8.01. The van der Waals surface area contributed by atoms with Gasteiger partial charge in [0.15, 0.2) is 5.70 Å². The van der Waals surface area contributed by atoms with Crippen molar-refractivity contribution in [1.29, 1.82) is 0 Å². The number of carbonyl (C=O) groups is 1. The van der Waals surface area contributed by atoms with Gasteiger partial charge in [-0.3, -0.25) is 4.79 Å². The van der Waals surface area contributed by atoms with E-state index in [0.29, 0.717) is 18.8 Å². The van der Waals surface area contributed by atoms with Gasteiger partial charge in [0.1, 0.15) is 34.3 Å². The number of hydrogen-bond donors (Lipinski definition) is 0. The first kappa shape index (κ1) is 33.6. The van der Waals surface area contributed by atoms with E-state index in [4.69, 9.17) is 4.99 Å². The summed E-state index contributed by atoms with van der Waals surface area (Å²) in [5.41, 5.74) is 2.45. The Morgan fingerprint density at radius 3 is 1.19 bits per heavy atom. The van der Waals surface area contributed by atoms with E-state index in [1.807, 2.05) is 43.0 Å². The zero-order valence-electron chi connectivity index (χ0n) is 28.0. The number of rotatable bonds is 12. The van der Waals surface area contributed by atoms with E-state index in [1.54, 1.807) is 0 Å². The highest BCUT2D eigenvalue weighted by atomic mass is 31.2. The molecule has 0 saturated heterocycles. The number of nitrogens with zero attached hydrogens (tertiary/aromatic N) is 3. The van der Waals surface area contributed by atoms with E-state index in [9.17, 15) is 0 Å². The van der Waals surface area contributed by atoms with Gasteiger partial charge in [-0.25, -0.2) is 4.99 Å². The van der Waals surface area contributed by atoms with E-state index < -0.39 is 7.26 Å². The molecule has 0 aliphatic carbocycles. The summed E-state index contributed by atoms with van der Waals surface area (Å²) in [6.07, 6.45) is 0. The third-order valence-corrected chi connectivity index (χ3v) is 13.0. The lowest BCUT2D eigenvalue weighted by Crippen LogP contribution is -2.37. The molecule has 5 heteroatoms. The molecule has 0 saturated carbocycles. The van der Waals surface area contributed by atoms with Gasteiger partial charge >= 0.3 is 0 Å². The number of likely N-dealkylation sites (N-methyl/N-ethyl adjacent to an activating group) is 1. The first-order chi connectivity index (χ1) is 23.1. The Morgan fingerprint density at radius 2 is 0.830 bits per heavy atom. The van der Waals surface area contributed by atoms with Crippen molar-refractivity contribution >= 4 is 40.2 Å². The van der Waals surface area contributed by atoms with E-state index in [1.165, 1.54) is 15.9 Å². The quantitative estimate of drug-likeness (QED) is 0.0601. The van der Waals surface area contributed by atoms with Gasteiger partial charge in [0.25, 0.3) is 5.91 Å². The standard InChI is InChI=1S/C42H45N3OP/c1-5-44(6-2)41(35-26-16-10-17-27-35)43-39(42(46)45(7-3)8-4)40(34-24-14-9-15-25-34)47(36-28-18-11-19-29-36,37-30-20-12-21-31-37)38-32-22-13-23-33-38/h9-33H,5-8H2,1-4H3/q+1/b40-39+,43-41?. The van der Waals surface area contributed by atoms with Gasteiger partial charge in [0.05, 0.1) is 0 Å². The molecule has 0 radical (unpaired) electrons. The third-order valence-electron chi connectivity index (χ3n) is 8.60. The van der Waals surface area contributed by atoms with Crippen LogP contribution in [0.4, 0.5) is 0 Å². The van der Waals surface area contributed by atoms with Crippen LogP contribution in [0.25, 0.3) is 5.31 Å². The summed E-state index contributed by atoms with van der Waals surface area (Å²) in [5.74, 6) is 0.730. The lowest BCUT2D eigenvalue weighted by atomic mass is 10.1. The molecule has 0 unspecified atom stereocenters. The molecule has 0 aromatic heterocycles. The molecule has 5 aromatic carbocycles. The molecule has 0 aliphatic heterocycles. The highest BCUT2D eigenvalue weighted by Crippen LogP contribution is 2.67. The summed E-state index contributed by atoms with van der Waals surface area (Å²) in [7, 11) is -2.74. The lowest BCUT2D eigenvalue weighted by Gasteiger charge is -2.32. The highest BCUT2D eigenvalue weighted by Gasteiger charge is 2.53. The molecule has 5 aromatic rings. The van der Waals surface area contributed by atoms with Crippen molar-refractivity contribution in [3.05, 3.63) is 168 Å². The molecule has 47 heavy (non-hydrogen) atoms. The fourth-order valence-electron chi connectivity index (χ4n) is 6.27. The van der Waals surface area contributed by atoms with E-state index in [0.717, 1.165) is 35.4 Å². The average Bonchev–Trinajstić information content (AvgIpc) is 3.15. The summed E-state index contributed by atoms with van der Waals surface area (Å²) in [4.78, 5) is 24.9. The number of benzene rings is 5. The van der Waals surface area contributed by atoms with Crippen LogP contribution in [0.2, 0.25) is 0 Å². The van der Waals surface area contributed by atoms with Gasteiger partial charge in [-0.05, 0) is 64.1 Å². The summed E-state index contributed by atoms with van der Waals surface area (Å²) >= 11 is 0. The van der Waals surface area contributed by atoms with Crippen molar-refractivity contribution in [2.24, 2.45) is 4.99 Å². The number of hydrogen-bond acceptors (Lipinski definition) is 2. The fraction of sp³-hybridized carbons (Fsp3) is 0.190. The van der Waals surface area contributed by atoms with Gasteiger partial charge < -0.3 is 9.80 Å². The van der Waals surface area contributed by atoms with Gasteiger partial charge in [-0.1, -0.05) is 115 Å². The van der Waals surface area contributed by atoms with Crippen LogP contribution in [-0.2, 0) is 4.79 Å². The molecule has 0 aliphatic rings. The van der Waals surface area contributed by atoms with Crippen LogP contribution in [0.5, 0.6) is 0 Å². The largest absolute Gasteiger partial charge is 0.357 e. The molecular formula is C42H45N3OP+. The normalized spacial score (nSPS) is 12.3. The molecule has 4 nitrogen and oxygen atoms in total. The number of aliphatic imine (C=N–C) groups is 1. The summed E-state index contributed by atoms with van der Waals surface area (Å²) in [6.45, 7) is 11.0. The lowest BCUT2D eigenvalue weighted by molar-refractivity contribution is -0.126. The predicted molar refractivity (Wildman–Crippen MR) is 202 cm³/mol. The topological polar surface area (TPSA) is 35.9 Å². The highest BCUT2D eigenvalue weighted by molar-refractivity contribution is 8.03. The summed E-state index contributed by atoms with van der Waals surface area (Å²) in [6, 6.07) is 52.9. The molecule has 0 heterocycles. The zero-order chi connectivity index (χ0) is 33.1. The van der Waals surface area contributed by atoms with Crippen LogP contribution in [0.1, 0.15) is 38.8 Å². The SMILES string of the molecule is CCN(CC)C(=O)/C(N=C(c1ccccc1)N(CC)CC)=C(/c1ccccc1)[P+](c1ccccc1)(c1ccccc1)c1ccccc1. The molecule has 0 N–H and O–H groups in total. The van der Waals surface area contributed by atoms with E-state index in [2.05, 4.69) is 146 Å². The van der Waals surface area contributed by atoms with Gasteiger partial charge in [0.2, 0.25) is 0 Å². The van der Waals surface area contributed by atoms with Crippen molar-refractivity contribution in [2.75, 3.05) is 26.2 Å². The number of amidine groups is 1. The summed E-state index contributed by atoms with van der Waals surface area (Å²) in [5, 5.41) is 4.46. The van der Waals surface area contributed by atoms with Crippen molar-refractivity contribution in [3.8, 4) is 0 Å². The summed E-state index contributed by atoms with van der Waals surface area (Å²) < 4.78 is 0. The maximum Gasteiger partial charge on any atom is 0.276 e. The molecule has 0 bridgehead atoms. The van der Waals surface area contributed by atoms with Crippen LogP contribution >= 0.6 is 7.26 Å². The average molecular weight is 639 g/mol. The maximum atomic E-state index is 15.2. The molecule has 1 amide bonds. The van der Waals surface area contributed by atoms with Crippen LogP contribution in [0, 0.1) is 0 Å². The molecular weight excluding hydrogens is 593 g/mol.